The van der Waals surface area contributed by atoms with Crippen LogP contribution in [0.5, 0.6) is 0 Å². The van der Waals surface area contributed by atoms with Crippen LogP contribution in [0.3, 0.4) is 0 Å². The van der Waals surface area contributed by atoms with E-state index in [0.717, 1.165) is 32.4 Å². The van der Waals surface area contributed by atoms with Crippen LogP contribution in [-0.2, 0) is 0 Å². The van der Waals surface area contributed by atoms with Gasteiger partial charge in [0.05, 0.1) is 16.9 Å². The number of nitrogens with one attached hydrogen (secondary N) is 1. The van der Waals surface area contributed by atoms with E-state index in [9.17, 15) is 4.79 Å². The van der Waals surface area contributed by atoms with Gasteiger partial charge < -0.3 is 5.32 Å². The van der Waals surface area contributed by atoms with Crippen molar-refractivity contribution in [3.8, 4) is 0 Å². The molecule has 100 valence electrons. The first-order chi connectivity index (χ1) is 9.27. The molecule has 5 heteroatoms. The number of halogens is 1. The molecule has 1 N–H and O–H groups in total. The van der Waals surface area contributed by atoms with E-state index in [-0.39, 0.29) is 16.9 Å². The van der Waals surface area contributed by atoms with Crippen LogP contribution in [0.25, 0.3) is 10.9 Å². The van der Waals surface area contributed by atoms with Crippen LogP contribution >= 0.6 is 11.6 Å². The standard InChI is InChI=1S/C14H16ClN3O/c15-14-17-12-7-2-1-6-11(12)13(19)18(14)10-5-3-4-8-16-9-10/h1-2,6-7,10,16H,3-5,8-9H2. The lowest BCUT2D eigenvalue weighted by Crippen LogP contribution is -2.32. The highest BCUT2D eigenvalue weighted by molar-refractivity contribution is 6.28. The molecule has 1 aliphatic heterocycles. The molecule has 2 aromatic rings. The molecule has 19 heavy (non-hydrogen) atoms. The Morgan fingerprint density at radius 2 is 2.16 bits per heavy atom. The number of benzene rings is 1. The summed E-state index contributed by atoms with van der Waals surface area (Å²) in [7, 11) is 0. The Hall–Kier alpha value is -1.39. The van der Waals surface area contributed by atoms with Crippen molar-refractivity contribution in [2.24, 2.45) is 0 Å². The summed E-state index contributed by atoms with van der Waals surface area (Å²) in [6.45, 7) is 1.78. The van der Waals surface area contributed by atoms with Crippen molar-refractivity contribution in [3.05, 3.63) is 39.9 Å². The van der Waals surface area contributed by atoms with Gasteiger partial charge in [-0.05, 0) is 43.1 Å². The molecule has 1 atom stereocenters. The van der Waals surface area contributed by atoms with Crippen molar-refractivity contribution in [1.29, 1.82) is 0 Å². The maximum atomic E-state index is 12.6. The van der Waals surface area contributed by atoms with Crippen molar-refractivity contribution in [2.75, 3.05) is 13.1 Å². The van der Waals surface area contributed by atoms with Crippen LogP contribution < -0.4 is 10.9 Å². The summed E-state index contributed by atoms with van der Waals surface area (Å²) in [5, 5.41) is 4.28. The Labute approximate surface area is 116 Å². The molecule has 1 aliphatic rings. The fourth-order valence-corrected chi connectivity index (χ4v) is 2.96. The van der Waals surface area contributed by atoms with E-state index in [1.165, 1.54) is 0 Å². The molecule has 1 saturated heterocycles. The summed E-state index contributed by atoms with van der Waals surface area (Å²) in [5.74, 6) is 0. The van der Waals surface area contributed by atoms with Crippen molar-refractivity contribution in [2.45, 2.75) is 25.3 Å². The van der Waals surface area contributed by atoms with E-state index in [0.29, 0.717) is 10.9 Å². The lowest BCUT2D eigenvalue weighted by Gasteiger charge is -2.19. The van der Waals surface area contributed by atoms with E-state index in [1.54, 1.807) is 4.57 Å². The summed E-state index contributed by atoms with van der Waals surface area (Å²) in [6, 6.07) is 7.44. The van der Waals surface area contributed by atoms with Crippen molar-refractivity contribution < 1.29 is 0 Å². The molecular formula is C14H16ClN3O. The monoisotopic (exact) mass is 277 g/mol. The zero-order chi connectivity index (χ0) is 13.2. The number of para-hydroxylation sites is 1. The van der Waals surface area contributed by atoms with Crippen LogP contribution in [-0.4, -0.2) is 22.6 Å². The minimum atomic E-state index is -0.0377. The number of hydrogen-bond donors (Lipinski definition) is 1. The average Bonchev–Trinajstić information content (AvgIpc) is 2.68. The summed E-state index contributed by atoms with van der Waals surface area (Å²) >= 11 is 6.22. The van der Waals surface area contributed by atoms with Crippen molar-refractivity contribution >= 4 is 22.5 Å². The largest absolute Gasteiger partial charge is 0.315 e. The molecule has 0 amide bonds. The molecule has 1 unspecified atom stereocenters. The predicted octanol–water partition coefficient (Wildman–Crippen LogP) is 2.36. The molecule has 3 rings (SSSR count). The van der Waals surface area contributed by atoms with Crippen LogP contribution in [0, 0.1) is 0 Å². The minimum Gasteiger partial charge on any atom is -0.315 e. The highest BCUT2D eigenvalue weighted by Crippen LogP contribution is 2.20. The average molecular weight is 278 g/mol. The quantitative estimate of drug-likeness (QED) is 0.814. The van der Waals surface area contributed by atoms with Crippen LogP contribution in [0.15, 0.2) is 29.1 Å². The van der Waals surface area contributed by atoms with Crippen molar-refractivity contribution in [1.82, 2.24) is 14.9 Å². The van der Waals surface area contributed by atoms with Gasteiger partial charge in [0.2, 0.25) is 5.28 Å². The van der Waals surface area contributed by atoms with Gasteiger partial charge in [0.1, 0.15) is 0 Å². The summed E-state index contributed by atoms with van der Waals surface area (Å²) in [5.41, 5.74) is 0.625. The van der Waals surface area contributed by atoms with E-state index in [2.05, 4.69) is 10.3 Å². The Bertz CT molecular complexity index is 645. The second kappa shape index (κ2) is 5.31. The maximum Gasteiger partial charge on any atom is 0.262 e. The smallest absolute Gasteiger partial charge is 0.262 e. The summed E-state index contributed by atoms with van der Waals surface area (Å²) < 4.78 is 1.64. The first kappa shape index (κ1) is 12.6. The van der Waals surface area contributed by atoms with Gasteiger partial charge in [-0.25, -0.2) is 4.98 Å². The predicted molar refractivity (Wildman–Crippen MR) is 76.8 cm³/mol. The lowest BCUT2D eigenvalue weighted by molar-refractivity contribution is 0.447. The number of hydrogen-bond acceptors (Lipinski definition) is 3. The SMILES string of the molecule is O=c1c2ccccc2nc(Cl)n1C1CCCCNC1. The van der Waals surface area contributed by atoms with Gasteiger partial charge in [-0.3, -0.25) is 9.36 Å². The second-order valence-electron chi connectivity index (χ2n) is 4.93. The van der Waals surface area contributed by atoms with E-state index < -0.39 is 0 Å². The highest BCUT2D eigenvalue weighted by Gasteiger charge is 2.19. The number of fused-ring (bicyclic) bond motifs is 1. The molecule has 2 heterocycles. The van der Waals surface area contributed by atoms with Gasteiger partial charge in [0, 0.05) is 6.54 Å². The molecule has 1 aromatic heterocycles. The third kappa shape index (κ3) is 2.38. The molecule has 4 nitrogen and oxygen atoms in total. The van der Waals surface area contributed by atoms with E-state index in [4.69, 9.17) is 11.6 Å². The third-order valence-corrected chi connectivity index (χ3v) is 3.92. The van der Waals surface area contributed by atoms with Gasteiger partial charge >= 0.3 is 0 Å². The Balaban J connectivity index is 2.14. The molecular weight excluding hydrogens is 262 g/mol. The molecule has 1 fully saturated rings. The molecule has 1 aromatic carbocycles. The molecule has 0 aliphatic carbocycles. The third-order valence-electron chi connectivity index (χ3n) is 3.65. The lowest BCUT2D eigenvalue weighted by atomic mass is 10.1. The number of rotatable bonds is 1. The van der Waals surface area contributed by atoms with Gasteiger partial charge in [-0.15, -0.1) is 0 Å². The van der Waals surface area contributed by atoms with Gasteiger partial charge in [0.15, 0.2) is 0 Å². The Morgan fingerprint density at radius 1 is 1.32 bits per heavy atom. The van der Waals surface area contributed by atoms with E-state index >= 15 is 0 Å². The summed E-state index contributed by atoms with van der Waals surface area (Å²) in [6.07, 6.45) is 3.21. The fraction of sp³-hybridized carbons (Fsp3) is 0.429. The van der Waals surface area contributed by atoms with Gasteiger partial charge in [-0.1, -0.05) is 18.6 Å². The summed E-state index contributed by atoms with van der Waals surface area (Å²) in [4.78, 5) is 16.9. The molecule has 0 radical (unpaired) electrons. The second-order valence-corrected chi connectivity index (χ2v) is 5.26. The van der Waals surface area contributed by atoms with Crippen LogP contribution in [0.2, 0.25) is 5.28 Å². The number of aromatic nitrogens is 2. The highest BCUT2D eigenvalue weighted by atomic mass is 35.5. The zero-order valence-electron chi connectivity index (χ0n) is 10.6. The first-order valence-electron chi connectivity index (χ1n) is 6.65. The van der Waals surface area contributed by atoms with Crippen molar-refractivity contribution in [3.63, 3.8) is 0 Å². The Morgan fingerprint density at radius 3 is 3.05 bits per heavy atom. The normalized spacial score (nSPS) is 20.4. The maximum absolute atomic E-state index is 12.6. The Kier molecular flexibility index (Phi) is 3.53. The molecule has 0 saturated carbocycles. The fourth-order valence-electron chi connectivity index (χ4n) is 2.66. The molecule has 0 spiro atoms. The topological polar surface area (TPSA) is 46.9 Å². The van der Waals surface area contributed by atoms with Crippen LogP contribution in [0.1, 0.15) is 25.3 Å². The first-order valence-corrected chi connectivity index (χ1v) is 7.02. The van der Waals surface area contributed by atoms with Gasteiger partial charge in [-0.2, -0.15) is 0 Å². The minimum absolute atomic E-state index is 0.0377. The van der Waals surface area contributed by atoms with E-state index in [1.807, 2.05) is 24.3 Å². The molecule has 0 bridgehead atoms. The van der Waals surface area contributed by atoms with Gasteiger partial charge in [0.25, 0.3) is 5.56 Å². The van der Waals surface area contributed by atoms with Crippen LogP contribution in [0.4, 0.5) is 0 Å². The zero-order valence-corrected chi connectivity index (χ0v) is 11.4. The number of nitrogens with zero attached hydrogens (tertiary/aromatic N) is 2.